The highest BCUT2D eigenvalue weighted by molar-refractivity contribution is 6.31. The summed E-state index contributed by atoms with van der Waals surface area (Å²) in [5.74, 6) is -0.599. The van der Waals surface area contributed by atoms with E-state index in [2.05, 4.69) is 25.8 Å². The Morgan fingerprint density at radius 1 is 1.36 bits per heavy atom. The first-order valence-corrected chi connectivity index (χ1v) is 11.6. The Balaban J connectivity index is 1.46. The molecule has 1 aliphatic heterocycles. The average molecular weight is 518 g/mol. The number of amides is 1. The molecule has 10 nitrogen and oxygen atoms in total. The fourth-order valence-corrected chi connectivity index (χ4v) is 4.14. The van der Waals surface area contributed by atoms with Crippen molar-refractivity contribution in [1.29, 1.82) is 0 Å². The smallest absolute Gasteiger partial charge is 0.387 e. The van der Waals surface area contributed by atoms with Crippen LogP contribution in [0.25, 0.3) is 16.9 Å². The first-order chi connectivity index (χ1) is 17.5. The van der Waals surface area contributed by atoms with Gasteiger partial charge in [0.05, 0.1) is 25.0 Å². The highest BCUT2D eigenvalue weighted by atomic mass is 35.5. The molecule has 1 atom stereocenters. The van der Waals surface area contributed by atoms with Crippen molar-refractivity contribution >= 4 is 28.8 Å². The molecule has 5 rings (SSSR count). The van der Waals surface area contributed by atoms with Gasteiger partial charge in [-0.2, -0.15) is 19.0 Å². The van der Waals surface area contributed by atoms with Crippen molar-refractivity contribution < 1.29 is 23.0 Å². The number of benzene rings is 1. The van der Waals surface area contributed by atoms with Gasteiger partial charge in [-0.15, -0.1) is 0 Å². The Kier molecular flexibility index (Phi) is 7.07. The summed E-state index contributed by atoms with van der Waals surface area (Å²) < 4.78 is 39.4. The number of aromatic nitrogens is 5. The van der Waals surface area contributed by atoms with Crippen molar-refractivity contribution in [2.75, 3.05) is 25.1 Å². The van der Waals surface area contributed by atoms with Crippen LogP contribution in [0.3, 0.4) is 0 Å². The summed E-state index contributed by atoms with van der Waals surface area (Å²) in [7, 11) is 0. The van der Waals surface area contributed by atoms with E-state index in [0.29, 0.717) is 36.1 Å². The fraction of sp³-hybridized carbons (Fsp3) is 0.304. The van der Waals surface area contributed by atoms with Crippen LogP contribution >= 0.6 is 11.6 Å². The molecule has 1 saturated heterocycles. The van der Waals surface area contributed by atoms with E-state index in [1.165, 1.54) is 28.9 Å². The van der Waals surface area contributed by atoms with E-state index in [1.54, 1.807) is 29.3 Å². The molecule has 4 aromatic rings. The molecule has 3 aromatic heterocycles. The summed E-state index contributed by atoms with van der Waals surface area (Å²) in [6.45, 7) is -0.622. The first kappa shape index (κ1) is 24.1. The largest absolute Gasteiger partial charge is 0.434 e. The van der Waals surface area contributed by atoms with Gasteiger partial charge in [-0.1, -0.05) is 11.6 Å². The molecule has 0 bridgehead atoms. The molecule has 0 aliphatic carbocycles. The normalized spacial score (nSPS) is 15.6. The Hall–Kier alpha value is -3.61. The highest BCUT2D eigenvalue weighted by Crippen LogP contribution is 2.37. The second-order valence-electron chi connectivity index (χ2n) is 8.09. The van der Waals surface area contributed by atoms with E-state index >= 15 is 0 Å². The summed E-state index contributed by atoms with van der Waals surface area (Å²) >= 11 is 6.16. The number of anilines is 1. The molecule has 0 saturated carbocycles. The highest BCUT2D eigenvalue weighted by Gasteiger charge is 2.22. The maximum Gasteiger partial charge on any atom is 0.387 e. The van der Waals surface area contributed by atoms with Crippen molar-refractivity contribution in [2.45, 2.75) is 25.6 Å². The molecule has 1 unspecified atom stereocenters. The zero-order chi connectivity index (χ0) is 25.1. The van der Waals surface area contributed by atoms with Gasteiger partial charge in [0.15, 0.2) is 5.65 Å². The minimum absolute atomic E-state index is 0.117. The molecule has 0 spiro atoms. The van der Waals surface area contributed by atoms with Crippen LogP contribution in [0, 0.1) is 0 Å². The van der Waals surface area contributed by atoms with Crippen molar-refractivity contribution in [3.63, 3.8) is 0 Å². The average Bonchev–Trinajstić information content (AvgIpc) is 3.60. The fourth-order valence-electron chi connectivity index (χ4n) is 3.97. The molecule has 4 heterocycles. The van der Waals surface area contributed by atoms with Gasteiger partial charge in [0.25, 0.3) is 5.91 Å². The van der Waals surface area contributed by atoms with Gasteiger partial charge in [0, 0.05) is 48.4 Å². The third-order valence-electron chi connectivity index (χ3n) is 5.65. The number of nitrogens with one attached hydrogen (secondary N) is 2. The maximum absolute atomic E-state index is 13.2. The maximum atomic E-state index is 13.2. The van der Waals surface area contributed by atoms with Gasteiger partial charge in [0.2, 0.25) is 0 Å². The number of alkyl halides is 2. The first-order valence-electron chi connectivity index (χ1n) is 11.2. The SMILES string of the molecule is O=C(Nc1cn(CCNC2CCOC2)nc1-c1cc(Cl)ccc1OC(F)F)c1cnn2cccnc12. The van der Waals surface area contributed by atoms with Crippen molar-refractivity contribution in [3.05, 3.63) is 59.6 Å². The summed E-state index contributed by atoms with van der Waals surface area (Å²) in [5, 5.41) is 15.2. The molecule has 188 valence electrons. The number of carbonyl (C=O) groups is 1. The number of halogens is 3. The predicted octanol–water partition coefficient (Wildman–Crippen LogP) is 3.48. The number of hydrogen-bond acceptors (Lipinski definition) is 7. The van der Waals surface area contributed by atoms with Crippen LogP contribution in [-0.4, -0.2) is 62.7 Å². The number of ether oxygens (including phenoxy) is 2. The monoisotopic (exact) mass is 517 g/mol. The lowest BCUT2D eigenvalue weighted by molar-refractivity contribution is -0.0494. The second kappa shape index (κ2) is 10.6. The third kappa shape index (κ3) is 5.30. The standard InChI is InChI=1S/C23H22ClF2N7O3/c24-14-2-3-19(36-23(25)26)16(10-14)20-18(12-32(31-20)8-6-27-15-4-9-35-13-15)30-22(34)17-11-29-33-7-1-5-28-21(17)33/h1-3,5,7,10-12,15,23,27H,4,6,8-9,13H2,(H,30,34). The molecule has 0 radical (unpaired) electrons. The number of fused-ring (bicyclic) bond motifs is 1. The van der Waals surface area contributed by atoms with E-state index in [1.807, 2.05) is 0 Å². The lowest BCUT2D eigenvalue weighted by atomic mass is 10.1. The van der Waals surface area contributed by atoms with Crippen LogP contribution in [0.4, 0.5) is 14.5 Å². The zero-order valence-electron chi connectivity index (χ0n) is 18.9. The Labute approximate surface area is 209 Å². The van der Waals surface area contributed by atoms with Crippen LogP contribution in [0.15, 0.2) is 49.1 Å². The van der Waals surface area contributed by atoms with E-state index in [-0.39, 0.29) is 28.6 Å². The van der Waals surface area contributed by atoms with E-state index in [9.17, 15) is 13.6 Å². The zero-order valence-corrected chi connectivity index (χ0v) is 19.7. The Morgan fingerprint density at radius 2 is 2.25 bits per heavy atom. The molecule has 1 aromatic carbocycles. The van der Waals surface area contributed by atoms with Crippen LogP contribution in [0.1, 0.15) is 16.8 Å². The van der Waals surface area contributed by atoms with Crippen LogP contribution < -0.4 is 15.4 Å². The molecule has 2 N–H and O–H groups in total. The summed E-state index contributed by atoms with van der Waals surface area (Å²) in [4.78, 5) is 17.4. The second-order valence-corrected chi connectivity index (χ2v) is 8.52. The van der Waals surface area contributed by atoms with Gasteiger partial charge in [-0.3, -0.25) is 9.48 Å². The summed E-state index contributed by atoms with van der Waals surface area (Å²) in [6.07, 6.45) is 7.19. The summed E-state index contributed by atoms with van der Waals surface area (Å²) in [6, 6.07) is 6.20. The van der Waals surface area contributed by atoms with Crippen molar-refractivity contribution in [2.24, 2.45) is 0 Å². The molecule has 1 fully saturated rings. The van der Waals surface area contributed by atoms with E-state index in [4.69, 9.17) is 21.1 Å². The predicted molar refractivity (Wildman–Crippen MR) is 127 cm³/mol. The van der Waals surface area contributed by atoms with Gasteiger partial charge >= 0.3 is 6.61 Å². The molecule has 1 amide bonds. The van der Waals surface area contributed by atoms with E-state index < -0.39 is 12.5 Å². The van der Waals surface area contributed by atoms with Gasteiger partial charge in [0.1, 0.15) is 17.0 Å². The Bertz CT molecular complexity index is 1370. The third-order valence-corrected chi connectivity index (χ3v) is 5.89. The minimum atomic E-state index is -3.05. The van der Waals surface area contributed by atoms with Gasteiger partial charge in [-0.05, 0) is 30.7 Å². The minimum Gasteiger partial charge on any atom is -0.434 e. The van der Waals surface area contributed by atoms with Crippen LogP contribution in [0.5, 0.6) is 5.75 Å². The molecule has 13 heteroatoms. The molecular weight excluding hydrogens is 496 g/mol. The molecule has 36 heavy (non-hydrogen) atoms. The lowest BCUT2D eigenvalue weighted by Crippen LogP contribution is -2.32. The van der Waals surface area contributed by atoms with Crippen LogP contribution in [0.2, 0.25) is 5.02 Å². The van der Waals surface area contributed by atoms with Crippen molar-refractivity contribution in [3.8, 4) is 17.0 Å². The molecular formula is C23H22ClF2N7O3. The van der Waals surface area contributed by atoms with Crippen LogP contribution in [-0.2, 0) is 11.3 Å². The summed E-state index contributed by atoms with van der Waals surface area (Å²) in [5.41, 5.74) is 1.35. The topological polar surface area (TPSA) is 108 Å². The van der Waals surface area contributed by atoms with Gasteiger partial charge < -0.3 is 20.1 Å². The lowest BCUT2D eigenvalue weighted by Gasteiger charge is -2.11. The quantitative estimate of drug-likeness (QED) is 0.350. The Morgan fingerprint density at radius 3 is 3.06 bits per heavy atom. The van der Waals surface area contributed by atoms with E-state index in [0.717, 1.165) is 13.0 Å². The number of rotatable bonds is 9. The van der Waals surface area contributed by atoms with Crippen molar-refractivity contribution in [1.82, 2.24) is 29.7 Å². The molecule has 1 aliphatic rings. The number of hydrogen-bond donors (Lipinski definition) is 2. The number of carbonyl (C=O) groups excluding carboxylic acids is 1. The number of nitrogens with zero attached hydrogens (tertiary/aromatic N) is 5. The van der Waals surface area contributed by atoms with Gasteiger partial charge in [-0.25, -0.2) is 9.50 Å².